The summed E-state index contributed by atoms with van der Waals surface area (Å²) < 4.78 is 5.45. The van der Waals surface area contributed by atoms with Crippen molar-refractivity contribution in [1.29, 1.82) is 0 Å². The quantitative estimate of drug-likeness (QED) is 0.568. The van der Waals surface area contributed by atoms with Crippen molar-refractivity contribution in [3.8, 4) is 0 Å². The molecule has 0 spiro atoms. The Morgan fingerprint density at radius 3 is 2.94 bits per heavy atom. The van der Waals surface area contributed by atoms with E-state index < -0.39 is 0 Å². The van der Waals surface area contributed by atoms with E-state index in [1.807, 2.05) is 25.1 Å². The summed E-state index contributed by atoms with van der Waals surface area (Å²) in [6.45, 7) is 2.01. The van der Waals surface area contributed by atoms with Gasteiger partial charge in [0, 0.05) is 5.39 Å². The maximum Gasteiger partial charge on any atom is 0.235 e. The van der Waals surface area contributed by atoms with Crippen molar-refractivity contribution in [2.75, 3.05) is 0 Å². The number of aryl methyl sites for hydroxylation is 1. The number of fused-ring (bicyclic) bond motifs is 1. The molecule has 1 saturated carbocycles. The predicted molar refractivity (Wildman–Crippen MR) is 60.0 cm³/mol. The normalized spacial score (nSPS) is 17.1. The van der Waals surface area contributed by atoms with Crippen LogP contribution in [0.2, 0.25) is 0 Å². The lowest BCUT2D eigenvalue weighted by Crippen LogP contribution is -2.02. The average Bonchev–Trinajstić information content (AvgIpc) is 2.98. The zero-order valence-electron chi connectivity index (χ0n) is 8.99. The zero-order valence-corrected chi connectivity index (χ0v) is 8.99. The minimum atomic E-state index is -0.324. The fourth-order valence-electron chi connectivity index (χ4n) is 2.28. The summed E-state index contributed by atoms with van der Waals surface area (Å²) in [4.78, 5) is 14.4. The van der Waals surface area contributed by atoms with Crippen LogP contribution in [0.4, 0.5) is 0 Å². The van der Waals surface area contributed by atoms with E-state index in [1.165, 1.54) is 0 Å². The van der Waals surface area contributed by atoms with Crippen LogP contribution in [0.3, 0.4) is 0 Å². The van der Waals surface area contributed by atoms with Crippen LogP contribution in [0.25, 0.3) is 11.0 Å². The number of furan rings is 1. The fourth-order valence-corrected chi connectivity index (χ4v) is 2.28. The maximum atomic E-state index is 10.5. The lowest BCUT2D eigenvalue weighted by atomic mass is 9.99. The first-order valence-electron chi connectivity index (χ1n) is 5.33. The number of isocyanates is 1. The highest BCUT2D eigenvalue weighted by Crippen LogP contribution is 2.51. The van der Waals surface area contributed by atoms with Gasteiger partial charge in [-0.05, 0) is 37.0 Å². The summed E-state index contributed by atoms with van der Waals surface area (Å²) in [7, 11) is 0. The number of benzene rings is 1. The number of aliphatic imine (C=N–C) groups is 1. The van der Waals surface area contributed by atoms with Gasteiger partial charge >= 0.3 is 0 Å². The molecule has 0 unspecified atom stereocenters. The van der Waals surface area contributed by atoms with Gasteiger partial charge in [0.05, 0.1) is 11.8 Å². The second kappa shape index (κ2) is 3.06. The van der Waals surface area contributed by atoms with E-state index in [1.54, 1.807) is 12.3 Å². The van der Waals surface area contributed by atoms with E-state index in [4.69, 9.17) is 4.42 Å². The summed E-state index contributed by atoms with van der Waals surface area (Å²) in [5.74, 6) is 0. The van der Waals surface area contributed by atoms with Gasteiger partial charge in [-0.1, -0.05) is 12.1 Å². The van der Waals surface area contributed by atoms with E-state index in [0.29, 0.717) is 0 Å². The molecule has 3 heteroatoms. The number of rotatable bonds is 2. The Hall–Kier alpha value is -1.86. The monoisotopic (exact) mass is 213 g/mol. The highest BCUT2D eigenvalue weighted by molar-refractivity contribution is 5.86. The summed E-state index contributed by atoms with van der Waals surface area (Å²) in [5.41, 5.74) is 2.73. The first-order chi connectivity index (χ1) is 7.77. The van der Waals surface area contributed by atoms with Gasteiger partial charge in [0.25, 0.3) is 0 Å². The Kier molecular flexibility index (Phi) is 1.79. The smallest absolute Gasteiger partial charge is 0.235 e. The molecule has 1 fully saturated rings. The van der Waals surface area contributed by atoms with Crippen LogP contribution >= 0.6 is 0 Å². The SMILES string of the molecule is Cc1coc2cccc(C3(N=C=O)CC3)c12. The van der Waals surface area contributed by atoms with Gasteiger partial charge in [-0.25, -0.2) is 4.79 Å². The van der Waals surface area contributed by atoms with Crippen LogP contribution in [-0.4, -0.2) is 6.08 Å². The number of hydrogen-bond acceptors (Lipinski definition) is 3. The molecule has 1 aliphatic rings. The first-order valence-corrected chi connectivity index (χ1v) is 5.33. The van der Waals surface area contributed by atoms with Crippen LogP contribution in [0, 0.1) is 6.92 Å². The summed E-state index contributed by atoms with van der Waals surface area (Å²) in [6.07, 6.45) is 5.28. The van der Waals surface area contributed by atoms with Crippen molar-refractivity contribution in [1.82, 2.24) is 0 Å². The molecule has 0 atom stereocenters. The second-order valence-corrected chi connectivity index (χ2v) is 4.33. The topological polar surface area (TPSA) is 42.6 Å². The number of nitrogens with zero attached hydrogens (tertiary/aromatic N) is 1. The van der Waals surface area contributed by atoms with Crippen molar-refractivity contribution >= 4 is 17.0 Å². The van der Waals surface area contributed by atoms with Crippen LogP contribution in [0.15, 0.2) is 33.9 Å². The predicted octanol–water partition coefficient (Wildman–Crippen LogP) is 3.07. The van der Waals surface area contributed by atoms with E-state index in [-0.39, 0.29) is 5.54 Å². The molecule has 0 saturated heterocycles. The lowest BCUT2D eigenvalue weighted by molar-refractivity contribution is 0.556. The summed E-state index contributed by atoms with van der Waals surface area (Å²) in [6, 6.07) is 5.91. The Morgan fingerprint density at radius 2 is 2.25 bits per heavy atom. The molecule has 1 aromatic carbocycles. The van der Waals surface area contributed by atoms with E-state index in [9.17, 15) is 4.79 Å². The lowest BCUT2D eigenvalue weighted by Gasteiger charge is -2.09. The summed E-state index contributed by atoms with van der Waals surface area (Å²) in [5, 5.41) is 1.10. The van der Waals surface area contributed by atoms with Gasteiger partial charge in [-0.3, -0.25) is 0 Å². The van der Waals surface area contributed by atoms with Crippen LogP contribution in [0.5, 0.6) is 0 Å². The molecule has 2 aromatic rings. The molecule has 1 heterocycles. The Balaban J connectivity index is 2.31. The standard InChI is InChI=1S/C13H11NO2/c1-9-7-16-11-4-2-3-10(12(9)11)13(5-6-13)14-8-15/h2-4,7H,5-6H2,1H3. The molecule has 1 aliphatic carbocycles. The molecule has 3 rings (SSSR count). The molecule has 0 N–H and O–H groups in total. The summed E-state index contributed by atoms with van der Waals surface area (Å²) >= 11 is 0. The largest absolute Gasteiger partial charge is 0.464 e. The fraction of sp³-hybridized carbons (Fsp3) is 0.308. The van der Waals surface area contributed by atoms with Gasteiger partial charge in [0.1, 0.15) is 5.58 Å². The van der Waals surface area contributed by atoms with Crippen molar-refractivity contribution < 1.29 is 9.21 Å². The zero-order chi connectivity index (χ0) is 11.2. The minimum Gasteiger partial charge on any atom is -0.464 e. The third-order valence-electron chi connectivity index (χ3n) is 3.27. The van der Waals surface area contributed by atoms with E-state index in [2.05, 4.69) is 4.99 Å². The average molecular weight is 213 g/mol. The highest BCUT2D eigenvalue weighted by Gasteiger charge is 2.46. The van der Waals surface area contributed by atoms with Crippen LogP contribution < -0.4 is 0 Å². The molecule has 0 aliphatic heterocycles. The van der Waals surface area contributed by atoms with Gasteiger partial charge in [-0.2, -0.15) is 4.99 Å². The molecule has 16 heavy (non-hydrogen) atoms. The Labute approximate surface area is 92.8 Å². The van der Waals surface area contributed by atoms with Gasteiger partial charge in [0.15, 0.2) is 0 Å². The van der Waals surface area contributed by atoms with Crippen molar-refractivity contribution in [2.24, 2.45) is 4.99 Å². The van der Waals surface area contributed by atoms with Gasteiger partial charge in [0.2, 0.25) is 6.08 Å². The molecule has 80 valence electrons. The van der Waals surface area contributed by atoms with Crippen LogP contribution in [0.1, 0.15) is 24.0 Å². The van der Waals surface area contributed by atoms with Crippen LogP contribution in [-0.2, 0) is 10.3 Å². The second-order valence-electron chi connectivity index (χ2n) is 4.33. The number of hydrogen-bond donors (Lipinski definition) is 0. The third kappa shape index (κ3) is 1.15. The maximum absolute atomic E-state index is 10.5. The highest BCUT2D eigenvalue weighted by atomic mass is 16.3. The Morgan fingerprint density at radius 1 is 1.44 bits per heavy atom. The van der Waals surface area contributed by atoms with Crippen molar-refractivity contribution in [3.63, 3.8) is 0 Å². The molecular weight excluding hydrogens is 202 g/mol. The molecular formula is C13H11NO2. The van der Waals surface area contributed by atoms with Crippen molar-refractivity contribution in [3.05, 3.63) is 35.6 Å². The van der Waals surface area contributed by atoms with E-state index >= 15 is 0 Å². The first kappa shape index (κ1) is 9.37. The minimum absolute atomic E-state index is 0.324. The van der Waals surface area contributed by atoms with Crippen molar-refractivity contribution in [2.45, 2.75) is 25.3 Å². The van der Waals surface area contributed by atoms with Gasteiger partial charge in [-0.15, -0.1) is 0 Å². The van der Waals surface area contributed by atoms with E-state index in [0.717, 1.165) is 34.9 Å². The molecule has 1 aromatic heterocycles. The molecule has 0 amide bonds. The molecule has 0 bridgehead atoms. The molecule has 3 nitrogen and oxygen atoms in total. The third-order valence-corrected chi connectivity index (χ3v) is 3.27. The Bertz CT molecular complexity index is 601. The molecule has 0 radical (unpaired) electrons. The number of carbonyl (C=O) groups excluding carboxylic acids is 1. The van der Waals surface area contributed by atoms with Gasteiger partial charge < -0.3 is 4.42 Å².